The van der Waals surface area contributed by atoms with Crippen LogP contribution in [0.3, 0.4) is 0 Å². The first-order valence-corrected chi connectivity index (χ1v) is 12.4. The lowest BCUT2D eigenvalue weighted by atomic mass is 9.76. The molecule has 0 saturated carbocycles. The fourth-order valence-corrected chi connectivity index (χ4v) is 6.17. The Bertz CT molecular complexity index is 1130. The van der Waals surface area contributed by atoms with Gasteiger partial charge in [-0.15, -0.1) is 11.8 Å². The standard InChI is InChI=1S/C26H26N2OS.C2H6/c1-19-22(17-21-11-6-7-12-23(21)27-19)25(20-9-4-3-5-10-20)26(24-13-8-16-29-24)14-15-28(2)18-30-26;1-2/h3-13,16-17,25H,14-15,18H2,1-2H3;1-2H3/t25-,26?;/m1./s1. The van der Waals surface area contributed by atoms with E-state index in [2.05, 4.69) is 85.6 Å². The summed E-state index contributed by atoms with van der Waals surface area (Å²) < 4.78 is 5.93. The molecular weight excluding hydrogens is 412 g/mol. The molecule has 4 heteroatoms. The zero-order chi connectivity index (χ0) is 22.6. The van der Waals surface area contributed by atoms with Crippen LogP contribution in [0.25, 0.3) is 10.9 Å². The smallest absolute Gasteiger partial charge is 0.120 e. The van der Waals surface area contributed by atoms with E-state index in [0.717, 1.165) is 35.8 Å². The van der Waals surface area contributed by atoms with Gasteiger partial charge in [-0.2, -0.15) is 0 Å². The quantitative estimate of drug-likeness (QED) is 0.332. The first kappa shape index (κ1) is 22.6. The Balaban J connectivity index is 0.00000119. The van der Waals surface area contributed by atoms with E-state index in [4.69, 9.17) is 9.40 Å². The molecule has 0 amide bonds. The number of hydrogen-bond acceptors (Lipinski definition) is 4. The van der Waals surface area contributed by atoms with E-state index >= 15 is 0 Å². The van der Waals surface area contributed by atoms with E-state index in [0.29, 0.717) is 0 Å². The van der Waals surface area contributed by atoms with Gasteiger partial charge in [-0.05, 0) is 55.8 Å². The van der Waals surface area contributed by atoms with Crippen molar-refractivity contribution >= 4 is 22.7 Å². The number of aryl methyl sites for hydroxylation is 1. The van der Waals surface area contributed by atoms with Crippen LogP contribution in [0, 0.1) is 6.92 Å². The maximum Gasteiger partial charge on any atom is 0.120 e. The number of nitrogens with zero attached hydrogens (tertiary/aromatic N) is 2. The van der Waals surface area contributed by atoms with E-state index in [-0.39, 0.29) is 10.7 Å². The average molecular weight is 445 g/mol. The minimum atomic E-state index is -0.174. The first-order valence-electron chi connectivity index (χ1n) is 11.4. The summed E-state index contributed by atoms with van der Waals surface area (Å²) in [6, 6.07) is 25.8. The molecule has 0 spiro atoms. The second-order valence-electron chi connectivity index (χ2n) is 8.17. The highest BCUT2D eigenvalue weighted by atomic mass is 32.2. The highest BCUT2D eigenvalue weighted by Gasteiger charge is 2.47. The molecule has 3 nitrogen and oxygen atoms in total. The molecule has 2 aromatic heterocycles. The Labute approximate surface area is 195 Å². The number of furan rings is 1. The van der Waals surface area contributed by atoms with Gasteiger partial charge in [0.1, 0.15) is 5.76 Å². The second kappa shape index (κ2) is 9.93. The Morgan fingerprint density at radius 1 is 1.00 bits per heavy atom. The summed E-state index contributed by atoms with van der Waals surface area (Å²) in [6.45, 7) is 7.18. The zero-order valence-electron chi connectivity index (χ0n) is 19.4. The van der Waals surface area contributed by atoms with Crippen LogP contribution < -0.4 is 0 Å². The summed E-state index contributed by atoms with van der Waals surface area (Å²) in [5.41, 5.74) is 4.74. The summed E-state index contributed by atoms with van der Waals surface area (Å²) in [5.74, 6) is 2.19. The molecule has 3 heterocycles. The molecule has 1 unspecified atom stereocenters. The molecule has 5 rings (SSSR count). The summed E-state index contributed by atoms with van der Waals surface area (Å²) in [7, 11) is 2.19. The predicted octanol–water partition coefficient (Wildman–Crippen LogP) is 7.22. The largest absolute Gasteiger partial charge is 0.468 e. The molecule has 1 aliphatic heterocycles. The van der Waals surface area contributed by atoms with Gasteiger partial charge in [-0.1, -0.05) is 62.4 Å². The maximum absolute atomic E-state index is 6.10. The number of para-hydroxylation sites is 1. The lowest BCUT2D eigenvalue weighted by Gasteiger charge is -2.44. The number of hydrogen-bond donors (Lipinski definition) is 0. The molecule has 1 saturated heterocycles. The summed E-state index contributed by atoms with van der Waals surface area (Å²) in [6.07, 6.45) is 2.83. The van der Waals surface area contributed by atoms with Crippen molar-refractivity contribution in [3.63, 3.8) is 0 Å². The van der Waals surface area contributed by atoms with Crippen LogP contribution in [0.15, 0.2) is 83.5 Å². The van der Waals surface area contributed by atoms with Gasteiger partial charge in [0.15, 0.2) is 0 Å². The zero-order valence-corrected chi connectivity index (χ0v) is 20.2. The van der Waals surface area contributed by atoms with E-state index in [1.165, 1.54) is 16.5 Å². The molecule has 4 aromatic rings. The van der Waals surface area contributed by atoms with Gasteiger partial charge in [0.05, 0.1) is 16.5 Å². The third-order valence-electron chi connectivity index (χ3n) is 6.21. The summed E-state index contributed by atoms with van der Waals surface area (Å²) in [4.78, 5) is 7.38. The average Bonchev–Trinajstić information content (AvgIpc) is 3.39. The molecule has 1 aliphatic rings. The number of thioether (sulfide) groups is 1. The lowest BCUT2D eigenvalue weighted by Crippen LogP contribution is -2.41. The molecular formula is C28H32N2OS. The van der Waals surface area contributed by atoms with Gasteiger partial charge < -0.3 is 4.42 Å². The van der Waals surface area contributed by atoms with Gasteiger partial charge in [0, 0.05) is 29.4 Å². The monoisotopic (exact) mass is 444 g/mol. The Morgan fingerprint density at radius 2 is 1.75 bits per heavy atom. The maximum atomic E-state index is 6.10. The van der Waals surface area contributed by atoms with E-state index in [9.17, 15) is 0 Å². The van der Waals surface area contributed by atoms with Crippen molar-refractivity contribution in [3.05, 3.63) is 102 Å². The number of fused-ring (bicyclic) bond motifs is 1. The van der Waals surface area contributed by atoms with Crippen LogP contribution in [0.4, 0.5) is 0 Å². The summed E-state index contributed by atoms with van der Waals surface area (Å²) in [5, 5.41) is 1.19. The molecule has 0 radical (unpaired) electrons. The van der Waals surface area contributed by atoms with Crippen molar-refractivity contribution in [3.8, 4) is 0 Å². The number of rotatable bonds is 4. The van der Waals surface area contributed by atoms with Crippen LogP contribution in [0.2, 0.25) is 0 Å². The number of pyridine rings is 1. The van der Waals surface area contributed by atoms with Crippen molar-refractivity contribution in [1.82, 2.24) is 9.88 Å². The Morgan fingerprint density at radius 3 is 2.44 bits per heavy atom. The van der Waals surface area contributed by atoms with Crippen molar-refractivity contribution in [2.75, 3.05) is 19.5 Å². The molecule has 2 atom stereocenters. The predicted molar refractivity (Wildman–Crippen MR) is 136 cm³/mol. The summed E-state index contributed by atoms with van der Waals surface area (Å²) >= 11 is 1.99. The molecule has 0 N–H and O–H groups in total. The Hall–Kier alpha value is -2.56. The Kier molecular flexibility index (Phi) is 7.02. The topological polar surface area (TPSA) is 29.3 Å². The number of aromatic nitrogens is 1. The van der Waals surface area contributed by atoms with Gasteiger partial charge in [-0.3, -0.25) is 9.88 Å². The molecule has 0 bridgehead atoms. The highest BCUT2D eigenvalue weighted by Crippen LogP contribution is 2.55. The first-order chi connectivity index (χ1) is 15.7. The normalized spacial score (nSPS) is 19.9. The third kappa shape index (κ3) is 4.22. The minimum Gasteiger partial charge on any atom is -0.468 e. The third-order valence-corrected chi connectivity index (χ3v) is 7.94. The molecule has 1 fully saturated rings. The lowest BCUT2D eigenvalue weighted by molar-refractivity contribution is 0.295. The van der Waals surface area contributed by atoms with Crippen LogP contribution in [-0.2, 0) is 4.75 Å². The van der Waals surface area contributed by atoms with Crippen molar-refractivity contribution in [2.45, 2.75) is 37.9 Å². The molecule has 166 valence electrons. The highest BCUT2D eigenvalue weighted by molar-refractivity contribution is 8.00. The van der Waals surface area contributed by atoms with Crippen LogP contribution in [-0.4, -0.2) is 29.4 Å². The minimum absolute atomic E-state index is 0.153. The molecule has 2 aromatic carbocycles. The van der Waals surface area contributed by atoms with Gasteiger partial charge in [0.2, 0.25) is 0 Å². The van der Waals surface area contributed by atoms with Gasteiger partial charge in [-0.25, -0.2) is 0 Å². The fraction of sp³-hybridized carbons (Fsp3) is 0.321. The second-order valence-corrected chi connectivity index (χ2v) is 9.44. The van der Waals surface area contributed by atoms with Crippen molar-refractivity contribution in [1.29, 1.82) is 0 Å². The molecule has 0 aliphatic carbocycles. The van der Waals surface area contributed by atoms with E-state index in [1.54, 1.807) is 0 Å². The van der Waals surface area contributed by atoms with E-state index < -0.39 is 0 Å². The van der Waals surface area contributed by atoms with Crippen LogP contribution in [0.1, 0.15) is 48.8 Å². The van der Waals surface area contributed by atoms with Gasteiger partial charge in [0.25, 0.3) is 0 Å². The van der Waals surface area contributed by atoms with E-state index in [1.807, 2.05) is 37.9 Å². The van der Waals surface area contributed by atoms with Crippen LogP contribution >= 0.6 is 11.8 Å². The van der Waals surface area contributed by atoms with Crippen molar-refractivity contribution in [2.24, 2.45) is 0 Å². The fourth-order valence-electron chi connectivity index (χ4n) is 4.67. The molecule has 32 heavy (non-hydrogen) atoms. The SMILES string of the molecule is CC.Cc1nc2ccccc2cc1[C@@H](c1ccccc1)C1(c2ccco2)CCN(C)CS1. The van der Waals surface area contributed by atoms with Crippen LogP contribution in [0.5, 0.6) is 0 Å². The number of benzene rings is 2. The van der Waals surface area contributed by atoms with Gasteiger partial charge >= 0.3 is 0 Å². The van der Waals surface area contributed by atoms with Crippen molar-refractivity contribution < 1.29 is 4.42 Å².